The number of amides is 1. The zero-order valence-corrected chi connectivity index (χ0v) is 12.8. The van der Waals surface area contributed by atoms with Gasteiger partial charge < -0.3 is 10.1 Å². The van der Waals surface area contributed by atoms with Gasteiger partial charge in [-0.25, -0.2) is 0 Å². The van der Waals surface area contributed by atoms with Crippen LogP contribution in [-0.4, -0.2) is 17.0 Å². The van der Waals surface area contributed by atoms with Crippen molar-refractivity contribution in [3.05, 3.63) is 53.3 Å². The van der Waals surface area contributed by atoms with E-state index in [0.717, 1.165) is 22.4 Å². The molecule has 0 spiro atoms. The molecule has 0 saturated carbocycles. The highest BCUT2D eigenvalue weighted by Gasteiger charge is 2.16. The smallest absolute Gasteiger partial charge is 0.265 e. The SMILES string of the molecule is Cc1cc(C)c(C)c(O[C@@H](C)C(=O)Nc2cccnc2)c1. The lowest BCUT2D eigenvalue weighted by atomic mass is 10.1. The molecule has 1 heterocycles. The van der Waals surface area contributed by atoms with Crippen LogP contribution in [0.5, 0.6) is 5.75 Å². The lowest BCUT2D eigenvalue weighted by Gasteiger charge is -2.17. The van der Waals surface area contributed by atoms with Gasteiger partial charge in [-0.1, -0.05) is 6.07 Å². The standard InChI is InChI=1S/C17H20N2O2/c1-11-8-12(2)13(3)16(9-11)21-14(4)17(20)19-15-6-5-7-18-10-15/h5-10,14H,1-4H3,(H,19,20)/t14-/m0/s1. The Bertz CT molecular complexity index is 639. The molecule has 0 fully saturated rings. The molecule has 0 bridgehead atoms. The van der Waals surface area contributed by atoms with Gasteiger partial charge in [0, 0.05) is 6.20 Å². The van der Waals surface area contributed by atoms with E-state index in [2.05, 4.69) is 16.4 Å². The topological polar surface area (TPSA) is 51.2 Å². The Morgan fingerprint density at radius 3 is 2.71 bits per heavy atom. The van der Waals surface area contributed by atoms with Crippen molar-refractivity contribution in [3.8, 4) is 5.75 Å². The summed E-state index contributed by atoms with van der Waals surface area (Å²) in [7, 11) is 0. The third kappa shape index (κ3) is 3.81. The van der Waals surface area contributed by atoms with Crippen LogP contribution >= 0.6 is 0 Å². The van der Waals surface area contributed by atoms with Crippen LogP contribution in [-0.2, 0) is 4.79 Å². The van der Waals surface area contributed by atoms with E-state index in [-0.39, 0.29) is 5.91 Å². The molecule has 1 aromatic carbocycles. The number of hydrogen-bond acceptors (Lipinski definition) is 3. The Balaban J connectivity index is 2.07. The molecule has 0 aliphatic rings. The number of hydrogen-bond donors (Lipinski definition) is 1. The fraction of sp³-hybridized carbons (Fsp3) is 0.294. The zero-order chi connectivity index (χ0) is 15.4. The van der Waals surface area contributed by atoms with Crippen molar-refractivity contribution in [2.45, 2.75) is 33.8 Å². The third-order valence-corrected chi connectivity index (χ3v) is 3.37. The number of benzene rings is 1. The molecule has 4 nitrogen and oxygen atoms in total. The first-order chi connectivity index (χ1) is 9.97. The van der Waals surface area contributed by atoms with Crippen molar-refractivity contribution in [3.63, 3.8) is 0 Å². The summed E-state index contributed by atoms with van der Waals surface area (Å²) in [5.41, 5.74) is 3.99. The number of rotatable bonds is 4. The highest BCUT2D eigenvalue weighted by molar-refractivity contribution is 5.93. The summed E-state index contributed by atoms with van der Waals surface area (Å²) < 4.78 is 5.81. The van der Waals surface area contributed by atoms with Gasteiger partial charge in [-0.2, -0.15) is 0 Å². The van der Waals surface area contributed by atoms with Crippen molar-refractivity contribution >= 4 is 11.6 Å². The maximum Gasteiger partial charge on any atom is 0.265 e. The lowest BCUT2D eigenvalue weighted by molar-refractivity contribution is -0.122. The van der Waals surface area contributed by atoms with Crippen LogP contribution in [0.1, 0.15) is 23.6 Å². The maximum absolute atomic E-state index is 12.1. The van der Waals surface area contributed by atoms with E-state index in [4.69, 9.17) is 4.74 Å². The predicted octanol–water partition coefficient (Wildman–Crippen LogP) is 3.41. The summed E-state index contributed by atoms with van der Waals surface area (Å²) in [6.45, 7) is 7.79. The monoisotopic (exact) mass is 284 g/mol. The van der Waals surface area contributed by atoms with E-state index in [9.17, 15) is 4.79 Å². The summed E-state index contributed by atoms with van der Waals surface area (Å²) in [4.78, 5) is 16.1. The van der Waals surface area contributed by atoms with Crippen LogP contribution in [0.2, 0.25) is 0 Å². The van der Waals surface area contributed by atoms with Crippen LogP contribution in [0.3, 0.4) is 0 Å². The molecule has 0 unspecified atom stereocenters. The minimum atomic E-state index is -0.579. The van der Waals surface area contributed by atoms with E-state index in [1.54, 1.807) is 31.5 Å². The van der Waals surface area contributed by atoms with Crippen molar-refractivity contribution in [2.24, 2.45) is 0 Å². The zero-order valence-electron chi connectivity index (χ0n) is 12.8. The van der Waals surface area contributed by atoms with Gasteiger partial charge in [-0.05, 0) is 62.6 Å². The minimum Gasteiger partial charge on any atom is -0.481 e. The molecule has 2 aromatic rings. The quantitative estimate of drug-likeness (QED) is 0.936. The van der Waals surface area contributed by atoms with Crippen molar-refractivity contribution in [2.75, 3.05) is 5.32 Å². The molecule has 1 amide bonds. The lowest BCUT2D eigenvalue weighted by Crippen LogP contribution is -2.30. The van der Waals surface area contributed by atoms with Gasteiger partial charge in [0.25, 0.3) is 5.91 Å². The van der Waals surface area contributed by atoms with Crippen LogP contribution in [0.4, 0.5) is 5.69 Å². The highest BCUT2D eigenvalue weighted by Crippen LogP contribution is 2.24. The fourth-order valence-electron chi connectivity index (χ4n) is 2.05. The maximum atomic E-state index is 12.1. The predicted molar refractivity (Wildman–Crippen MR) is 83.6 cm³/mol. The van der Waals surface area contributed by atoms with E-state index >= 15 is 0 Å². The molecule has 0 aliphatic carbocycles. The van der Waals surface area contributed by atoms with Crippen molar-refractivity contribution < 1.29 is 9.53 Å². The molecule has 1 aromatic heterocycles. The number of aromatic nitrogens is 1. The van der Waals surface area contributed by atoms with Gasteiger partial charge in [-0.3, -0.25) is 9.78 Å². The van der Waals surface area contributed by atoms with E-state index in [1.165, 1.54) is 0 Å². The summed E-state index contributed by atoms with van der Waals surface area (Å²) in [6, 6.07) is 7.62. The van der Waals surface area contributed by atoms with Crippen molar-refractivity contribution in [1.82, 2.24) is 4.98 Å². The fourth-order valence-corrected chi connectivity index (χ4v) is 2.05. The first-order valence-corrected chi connectivity index (χ1v) is 6.93. The van der Waals surface area contributed by atoms with Crippen LogP contribution in [0, 0.1) is 20.8 Å². The average molecular weight is 284 g/mol. The Morgan fingerprint density at radius 2 is 2.05 bits per heavy atom. The molecule has 0 aliphatic heterocycles. The van der Waals surface area contributed by atoms with E-state index in [0.29, 0.717) is 5.69 Å². The normalized spacial score (nSPS) is 11.8. The first kappa shape index (κ1) is 15.0. The molecule has 0 radical (unpaired) electrons. The third-order valence-electron chi connectivity index (χ3n) is 3.37. The molecule has 2 rings (SSSR count). The number of pyridine rings is 1. The van der Waals surface area contributed by atoms with Crippen molar-refractivity contribution in [1.29, 1.82) is 0 Å². The Morgan fingerprint density at radius 1 is 1.29 bits per heavy atom. The van der Waals surface area contributed by atoms with Crippen LogP contribution < -0.4 is 10.1 Å². The van der Waals surface area contributed by atoms with E-state index < -0.39 is 6.10 Å². The van der Waals surface area contributed by atoms with Gasteiger partial charge in [0.2, 0.25) is 0 Å². The number of carbonyl (C=O) groups excluding carboxylic acids is 1. The largest absolute Gasteiger partial charge is 0.481 e. The molecular formula is C17H20N2O2. The molecule has 4 heteroatoms. The number of nitrogens with one attached hydrogen (secondary N) is 1. The Hall–Kier alpha value is -2.36. The summed E-state index contributed by atoms with van der Waals surface area (Å²) in [6.07, 6.45) is 2.69. The van der Waals surface area contributed by atoms with Gasteiger partial charge in [0.05, 0.1) is 11.9 Å². The molecule has 1 N–H and O–H groups in total. The van der Waals surface area contributed by atoms with Gasteiger partial charge in [0.1, 0.15) is 5.75 Å². The van der Waals surface area contributed by atoms with Crippen LogP contribution in [0.25, 0.3) is 0 Å². The average Bonchev–Trinajstić information content (AvgIpc) is 2.45. The Labute approximate surface area is 125 Å². The number of aryl methyl sites for hydroxylation is 2. The molecule has 0 saturated heterocycles. The number of anilines is 1. The van der Waals surface area contributed by atoms with E-state index in [1.807, 2.05) is 26.8 Å². The Kier molecular flexibility index (Phi) is 4.58. The second-order valence-electron chi connectivity index (χ2n) is 5.20. The second-order valence-corrected chi connectivity index (χ2v) is 5.20. The molecule has 21 heavy (non-hydrogen) atoms. The van der Waals surface area contributed by atoms with Gasteiger partial charge in [-0.15, -0.1) is 0 Å². The minimum absolute atomic E-state index is 0.193. The summed E-state index contributed by atoms with van der Waals surface area (Å²) in [5.74, 6) is 0.558. The number of nitrogens with zero attached hydrogens (tertiary/aromatic N) is 1. The second kappa shape index (κ2) is 6.39. The highest BCUT2D eigenvalue weighted by atomic mass is 16.5. The molecule has 110 valence electrons. The number of ether oxygens (including phenoxy) is 1. The summed E-state index contributed by atoms with van der Waals surface area (Å²) in [5, 5.41) is 2.78. The van der Waals surface area contributed by atoms with Gasteiger partial charge >= 0.3 is 0 Å². The first-order valence-electron chi connectivity index (χ1n) is 6.93. The molecule has 1 atom stereocenters. The number of carbonyl (C=O) groups is 1. The molecular weight excluding hydrogens is 264 g/mol. The van der Waals surface area contributed by atoms with Crippen LogP contribution in [0.15, 0.2) is 36.7 Å². The van der Waals surface area contributed by atoms with Gasteiger partial charge in [0.15, 0.2) is 6.10 Å². The summed E-state index contributed by atoms with van der Waals surface area (Å²) >= 11 is 0.